The third-order valence-electron chi connectivity index (χ3n) is 2.24. The highest BCUT2D eigenvalue weighted by Gasteiger charge is 2.17. The van der Waals surface area contributed by atoms with E-state index in [1.165, 1.54) is 0 Å². The van der Waals surface area contributed by atoms with Gasteiger partial charge in [-0.1, -0.05) is 0 Å². The van der Waals surface area contributed by atoms with E-state index in [9.17, 15) is 13.6 Å². The van der Waals surface area contributed by atoms with Gasteiger partial charge in [-0.25, -0.2) is 13.6 Å². The number of rotatable bonds is 1. The number of carbonyl (C=O) groups is 1. The maximum Gasteiger partial charge on any atom is 0.338 e. The normalized spacial score (nSPS) is 10.9. The van der Waals surface area contributed by atoms with Gasteiger partial charge in [-0.3, -0.25) is 0 Å². The van der Waals surface area contributed by atoms with Crippen molar-refractivity contribution in [2.45, 2.75) is 6.92 Å². The van der Waals surface area contributed by atoms with E-state index < -0.39 is 17.6 Å². The molecule has 0 saturated heterocycles. The largest absolute Gasteiger partial charge is 0.478 e. The van der Waals surface area contributed by atoms with Crippen molar-refractivity contribution < 1.29 is 18.7 Å². The molecule has 0 unspecified atom stereocenters. The molecule has 2 N–H and O–H groups in total. The van der Waals surface area contributed by atoms with Crippen molar-refractivity contribution in [1.29, 1.82) is 0 Å². The Hall–Kier alpha value is -1.91. The number of aryl methyl sites for hydroxylation is 1. The highest BCUT2D eigenvalue weighted by molar-refractivity contribution is 6.04. The molecule has 15 heavy (non-hydrogen) atoms. The van der Waals surface area contributed by atoms with Gasteiger partial charge in [-0.05, 0) is 13.0 Å². The number of H-pyrrole nitrogens is 1. The molecule has 0 fully saturated rings. The SMILES string of the molecule is Cc1[nH]c2cc(F)c(F)cc2c1C(=O)O. The smallest absolute Gasteiger partial charge is 0.338 e. The average Bonchev–Trinajstić information content (AvgIpc) is 2.41. The van der Waals surface area contributed by atoms with Gasteiger partial charge in [-0.2, -0.15) is 0 Å². The molecule has 2 aromatic rings. The van der Waals surface area contributed by atoms with Gasteiger partial charge in [0.25, 0.3) is 0 Å². The maximum absolute atomic E-state index is 12.9. The van der Waals surface area contributed by atoms with Gasteiger partial charge < -0.3 is 10.1 Å². The molecule has 1 aromatic carbocycles. The summed E-state index contributed by atoms with van der Waals surface area (Å²) in [5.41, 5.74) is 0.634. The summed E-state index contributed by atoms with van der Waals surface area (Å²) in [7, 11) is 0. The van der Waals surface area contributed by atoms with Crippen molar-refractivity contribution in [2.75, 3.05) is 0 Å². The Labute approximate surface area is 83.3 Å². The molecule has 5 heteroatoms. The summed E-state index contributed by atoms with van der Waals surface area (Å²) in [6.07, 6.45) is 0. The summed E-state index contributed by atoms with van der Waals surface area (Å²) < 4.78 is 25.8. The Morgan fingerprint density at radius 1 is 1.33 bits per heavy atom. The molecule has 3 nitrogen and oxygen atoms in total. The van der Waals surface area contributed by atoms with Crippen LogP contribution in [0.25, 0.3) is 10.9 Å². The summed E-state index contributed by atoms with van der Waals surface area (Å²) in [4.78, 5) is 13.5. The van der Waals surface area contributed by atoms with Crippen LogP contribution in [-0.2, 0) is 0 Å². The van der Waals surface area contributed by atoms with Crippen LogP contribution in [-0.4, -0.2) is 16.1 Å². The predicted molar refractivity (Wildman–Crippen MR) is 49.9 cm³/mol. The highest BCUT2D eigenvalue weighted by atomic mass is 19.2. The van der Waals surface area contributed by atoms with Crippen LogP contribution in [0.2, 0.25) is 0 Å². The molecule has 0 atom stereocenters. The monoisotopic (exact) mass is 211 g/mol. The first kappa shape index (κ1) is 9.64. The Morgan fingerprint density at radius 3 is 2.53 bits per heavy atom. The number of aromatic carboxylic acids is 1. The summed E-state index contributed by atoms with van der Waals surface area (Å²) in [6, 6.07) is 1.84. The fraction of sp³-hybridized carbons (Fsp3) is 0.100. The second-order valence-corrected chi connectivity index (χ2v) is 3.24. The molecular weight excluding hydrogens is 204 g/mol. The van der Waals surface area contributed by atoms with E-state index in [-0.39, 0.29) is 16.5 Å². The molecule has 0 radical (unpaired) electrons. The van der Waals surface area contributed by atoms with Crippen LogP contribution in [0.4, 0.5) is 8.78 Å². The van der Waals surface area contributed by atoms with Crippen molar-refractivity contribution in [3.63, 3.8) is 0 Å². The van der Waals surface area contributed by atoms with Gasteiger partial charge in [0.15, 0.2) is 11.6 Å². The van der Waals surface area contributed by atoms with E-state index in [0.717, 1.165) is 12.1 Å². The maximum atomic E-state index is 12.9. The van der Waals surface area contributed by atoms with Crippen LogP contribution in [0.3, 0.4) is 0 Å². The lowest BCUT2D eigenvalue weighted by Gasteiger charge is -1.95. The second-order valence-electron chi connectivity index (χ2n) is 3.24. The Kier molecular flexibility index (Phi) is 1.96. The first-order chi connectivity index (χ1) is 7.00. The molecule has 2 rings (SSSR count). The molecule has 0 bridgehead atoms. The molecule has 1 heterocycles. The van der Waals surface area contributed by atoms with Crippen LogP contribution in [0, 0.1) is 18.6 Å². The van der Waals surface area contributed by atoms with Crippen molar-refractivity contribution >= 4 is 16.9 Å². The quantitative estimate of drug-likeness (QED) is 0.761. The Morgan fingerprint density at radius 2 is 1.93 bits per heavy atom. The zero-order chi connectivity index (χ0) is 11.2. The van der Waals surface area contributed by atoms with E-state index >= 15 is 0 Å². The standard InChI is InChI=1S/C10H7F2NO2/c1-4-9(10(14)15)5-2-6(11)7(12)3-8(5)13-4/h2-3,13H,1H3,(H,14,15). The average molecular weight is 211 g/mol. The number of hydrogen-bond acceptors (Lipinski definition) is 1. The van der Waals surface area contributed by atoms with Crippen LogP contribution in [0.1, 0.15) is 16.1 Å². The number of aromatic amines is 1. The molecule has 0 aliphatic rings. The predicted octanol–water partition coefficient (Wildman–Crippen LogP) is 2.45. The van der Waals surface area contributed by atoms with Crippen molar-refractivity contribution in [1.82, 2.24) is 4.98 Å². The molecular formula is C10H7F2NO2. The van der Waals surface area contributed by atoms with Crippen LogP contribution in [0.15, 0.2) is 12.1 Å². The van der Waals surface area contributed by atoms with Crippen molar-refractivity contribution in [3.05, 3.63) is 35.0 Å². The minimum Gasteiger partial charge on any atom is -0.478 e. The Balaban J connectivity index is 2.87. The minimum absolute atomic E-state index is 0.0242. The third-order valence-corrected chi connectivity index (χ3v) is 2.24. The molecule has 0 aliphatic carbocycles. The first-order valence-corrected chi connectivity index (χ1v) is 4.21. The molecule has 1 aromatic heterocycles. The topological polar surface area (TPSA) is 53.1 Å². The van der Waals surface area contributed by atoms with Gasteiger partial charge in [-0.15, -0.1) is 0 Å². The van der Waals surface area contributed by atoms with E-state index in [0.29, 0.717) is 5.69 Å². The van der Waals surface area contributed by atoms with Crippen molar-refractivity contribution in [2.24, 2.45) is 0 Å². The highest BCUT2D eigenvalue weighted by Crippen LogP contribution is 2.24. The number of benzene rings is 1. The number of fused-ring (bicyclic) bond motifs is 1. The molecule has 0 aliphatic heterocycles. The number of aromatic nitrogens is 1. The summed E-state index contributed by atoms with van der Waals surface area (Å²) >= 11 is 0. The first-order valence-electron chi connectivity index (χ1n) is 4.21. The Bertz CT molecular complexity index is 560. The number of halogens is 2. The number of hydrogen-bond donors (Lipinski definition) is 2. The third kappa shape index (κ3) is 1.36. The van der Waals surface area contributed by atoms with Gasteiger partial charge in [0, 0.05) is 22.7 Å². The summed E-state index contributed by atoms with van der Waals surface area (Å²) in [5.74, 6) is -3.21. The fourth-order valence-corrected chi connectivity index (χ4v) is 1.60. The van der Waals surface area contributed by atoms with Gasteiger partial charge in [0.1, 0.15) is 0 Å². The zero-order valence-electron chi connectivity index (χ0n) is 7.77. The van der Waals surface area contributed by atoms with E-state index in [4.69, 9.17) is 5.11 Å². The lowest BCUT2D eigenvalue weighted by atomic mass is 10.1. The van der Waals surface area contributed by atoms with Gasteiger partial charge in [0.05, 0.1) is 5.56 Å². The summed E-state index contributed by atoms with van der Waals surface area (Å²) in [6.45, 7) is 1.54. The molecule has 0 spiro atoms. The number of carboxylic acid groups (broad SMARTS) is 1. The molecule has 78 valence electrons. The lowest BCUT2D eigenvalue weighted by Crippen LogP contribution is -1.97. The van der Waals surface area contributed by atoms with Gasteiger partial charge >= 0.3 is 5.97 Å². The molecule has 0 saturated carbocycles. The number of carboxylic acids is 1. The van der Waals surface area contributed by atoms with Gasteiger partial charge in [0.2, 0.25) is 0 Å². The number of nitrogens with one attached hydrogen (secondary N) is 1. The van der Waals surface area contributed by atoms with Crippen LogP contribution in [0.5, 0.6) is 0 Å². The molecule has 0 amide bonds. The van der Waals surface area contributed by atoms with Crippen LogP contribution >= 0.6 is 0 Å². The van der Waals surface area contributed by atoms with E-state index in [1.807, 2.05) is 0 Å². The van der Waals surface area contributed by atoms with E-state index in [1.54, 1.807) is 6.92 Å². The lowest BCUT2D eigenvalue weighted by molar-refractivity contribution is 0.0698. The zero-order valence-corrected chi connectivity index (χ0v) is 7.77. The van der Waals surface area contributed by atoms with Crippen molar-refractivity contribution in [3.8, 4) is 0 Å². The fourth-order valence-electron chi connectivity index (χ4n) is 1.60. The van der Waals surface area contributed by atoms with E-state index in [2.05, 4.69) is 4.98 Å². The minimum atomic E-state index is -1.16. The van der Waals surface area contributed by atoms with Crippen LogP contribution < -0.4 is 0 Å². The summed E-state index contributed by atoms with van der Waals surface area (Å²) in [5, 5.41) is 9.06. The second kappa shape index (κ2) is 3.05.